The van der Waals surface area contributed by atoms with Crippen LogP contribution in [0.3, 0.4) is 0 Å². The van der Waals surface area contributed by atoms with Crippen LogP contribution in [0.1, 0.15) is 75.8 Å². The predicted molar refractivity (Wildman–Crippen MR) is 120 cm³/mol. The van der Waals surface area contributed by atoms with Gasteiger partial charge in [0.05, 0.1) is 0 Å². The first-order valence-corrected chi connectivity index (χ1v) is 10.6. The van der Waals surface area contributed by atoms with Gasteiger partial charge in [0.15, 0.2) is 0 Å². The van der Waals surface area contributed by atoms with Gasteiger partial charge in [-0.25, -0.2) is 0 Å². The Hall–Kier alpha value is -0.830. The molecule has 2 aromatic carbocycles. The van der Waals surface area contributed by atoms with E-state index in [2.05, 4.69) is 107 Å². The summed E-state index contributed by atoms with van der Waals surface area (Å²) >= 11 is 2.54. The number of alkyl halides is 1. The van der Waals surface area contributed by atoms with Gasteiger partial charge < -0.3 is 0 Å². The molecule has 0 aromatic heterocycles. The van der Waals surface area contributed by atoms with Crippen molar-refractivity contribution in [2.24, 2.45) is 0 Å². The Labute approximate surface area is 168 Å². The van der Waals surface area contributed by atoms with Gasteiger partial charge in [0, 0.05) is 3.42 Å². The third-order valence-corrected chi connectivity index (χ3v) is 5.57. The molecule has 0 fully saturated rings. The molecule has 0 saturated carbocycles. The highest BCUT2D eigenvalue weighted by Crippen LogP contribution is 2.35. The molecule has 2 aromatic rings. The van der Waals surface area contributed by atoms with E-state index in [0.29, 0.717) is 0 Å². The van der Waals surface area contributed by atoms with Crippen molar-refractivity contribution in [1.82, 2.24) is 0 Å². The van der Waals surface area contributed by atoms with E-state index < -0.39 is 0 Å². The van der Waals surface area contributed by atoms with Gasteiger partial charge in [-0.15, -0.1) is 0 Å². The van der Waals surface area contributed by atoms with Crippen molar-refractivity contribution >= 4 is 22.6 Å². The summed E-state index contributed by atoms with van der Waals surface area (Å²) in [5.74, 6) is 0. The van der Waals surface area contributed by atoms with Gasteiger partial charge in [-0.3, -0.25) is 0 Å². The molecular weight excluding hydrogens is 415 g/mol. The van der Waals surface area contributed by atoms with Crippen molar-refractivity contribution in [3.63, 3.8) is 0 Å². The van der Waals surface area contributed by atoms with Gasteiger partial charge in [0.1, 0.15) is 0 Å². The van der Waals surface area contributed by atoms with Gasteiger partial charge in [0.2, 0.25) is 0 Å². The second-order valence-corrected chi connectivity index (χ2v) is 11.3. The first-order valence-electron chi connectivity index (χ1n) is 9.52. The zero-order valence-electron chi connectivity index (χ0n) is 16.7. The summed E-state index contributed by atoms with van der Waals surface area (Å²) in [6.07, 6.45) is 4.65. The van der Waals surface area contributed by atoms with E-state index in [4.69, 9.17) is 0 Å². The van der Waals surface area contributed by atoms with E-state index in [9.17, 15) is 0 Å². The van der Waals surface area contributed by atoms with Crippen molar-refractivity contribution < 1.29 is 0 Å². The highest BCUT2D eigenvalue weighted by Gasteiger charge is 2.22. The Morgan fingerprint density at radius 2 is 1.40 bits per heavy atom. The highest BCUT2D eigenvalue weighted by atomic mass is 127. The Morgan fingerprint density at radius 1 is 0.800 bits per heavy atom. The third kappa shape index (κ3) is 5.84. The predicted octanol–water partition coefficient (Wildman–Crippen LogP) is 7.39. The Bertz CT molecular complexity index is 682. The average molecular weight is 448 g/mol. The Balaban J connectivity index is 2.12. The van der Waals surface area contributed by atoms with Gasteiger partial charge in [-0.05, 0) is 72.8 Å². The standard InChI is InChI=1S/C24H33I/c1-7-18-11-13-19(14-12-18)9-8-10-20-15-16-21(24(5,6)25)17-22(20)23(2,3)4/h11-17H,7-10H2,1-6H3. The highest BCUT2D eigenvalue weighted by molar-refractivity contribution is 14.1. The van der Waals surface area contributed by atoms with Gasteiger partial charge in [-0.1, -0.05) is 92.8 Å². The van der Waals surface area contributed by atoms with Crippen molar-refractivity contribution in [3.05, 3.63) is 70.3 Å². The Kier molecular flexibility index (Phi) is 6.75. The molecule has 0 radical (unpaired) electrons. The molecule has 1 heteroatoms. The van der Waals surface area contributed by atoms with Crippen molar-refractivity contribution in [1.29, 1.82) is 0 Å². The summed E-state index contributed by atoms with van der Waals surface area (Å²) in [5.41, 5.74) is 7.53. The van der Waals surface area contributed by atoms with Crippen LogP contribution in [0.15, 0.2) is 42.5 Å². The SMILES string of the molecule is CCc1ccc(CCCc2ccc(C(C)(C)I)cc2C(C)(C)C)cc1. The number of aryl methyl sites for hydroxylation is 3. The zero-order valence-corrected chi connectivity index (χ0v) is 18.9. The molecule has 0 N–H and O–H groups in total. The van der Waals surface area contributed by atoms with E-state index in [1.807, 2.05) is 0 Å². The second-order valence-electron chi connectivity index (χ2n) is 8.62. The number of rotatable bonds is 6. The molecule has 2 rings (SSSR count). The third-order valence-electron chi connectivity index (χ3n) is 4.95. The van der Waals surface area contributed by atoms with Crippen LogP contribution in [0.2, 0.25) is 0 Å². The molecule has 0 bridgehead atoms. The van der Waals surface area contributed by atoms with Crippen LogP contribution in [-0.4, -0.2) is 0 Å². The smallest absolute Gasteiger partial charge is 0.0414 e. The number of benzene rings is 2. The van der Waals surface area contributed by atoms with E-state index >= 15 is 0 Å². The van der Waals surface area contributed by atoms with Crippen LogP contribution in [0.4, 0.5) is 0 Å². The quantitative estimate of drug-likeness (QED) is 0.319. The lowest BCUT2D eigenvalue weighted by Crippen LogP contribution is -2.17. The molecule has 0 aliphatic carbocycles. The van der Waals surface area contributed by atoms with Gasteiger partial charge >= 0.3 is 0 Å². The van der Waals surface area contributed by atoms with Crippen LogP contribution < -0.4 is 0 Å². The minimum absolute atomic E-state index is 0.178. The molecule has 136 valence electrons. The summed E-state index contributed by atoms with van der Waals surface area (Å²) < 4.78 is 0.178. The normalized spacial score (nSPS) is 12.4. The fourth-order valence-corrected chi connectivity index (χ4v) is 3.62. The second kappa shape index (κ2) is 8.24. The molecular formula is C24H33I. The number of halogens is 1. The van der Waals surface area contributed by atoms with E-state index in [1.165, 1.54) is 34.2 Å². The molecule has 0 aliphatic rings. The maximum Gasteiger partial charge on any atom is 0.0414 e. The van der Waals surface area contributed by atoms with E-state index in [0.717, 1.165) is 19.3 Å². The maximum atomic E-state index is 2.54. The monoisotopic (exact) mass is 448 g/mol. The molecule has 0 saturated heterocycles. The summed E-state index contributed by atoms with van der Waals surface area (Å²) in [6, 6.07) is 16.3. The molecule has 0 atom stereocenters. The lowest BCUT2D eigenvalue weighted by molar-refractivity contribution is 0.578. The van der Waals surface area contributed by atoms with Gasteiger partial charge in [0.25, 0.3) is 0 Å². The first-order chi connectivity index (χ1) is 11.6. The minimum atomic E-state index is 0.178. The van der Waals surface area contributed by atoms with Crippen LogP contribution in [0, 0.1) is 0 Å². The molecule has 0 heterocycles. The molecule has 0 unspecified atom stereocenters. The fourth-order valence-electron chi connectivity index (χ4n) is 3.29. The molecule has 0 nitrogen and oxygen atoms in total. The lowest BCUT2D eigenvalue weighted by atomic mass is 9.80. The molecule has 0 spiro atoms. The fraction of sp³-hybridized carbons (Fsp3) is 0.500. The van der Waals surface area contributed by atoms with Crippen molar-refractivity contribution in [2.75, 3.05) is 0 Å². The number of hydrogen-bond donors (Lipinski definition) is 0. The summed E-state index contributed by atoms with van der Waals surface area (Å²) in [4.78, 5) is 0. The lowest BCUT2D eigenvalue weighted by Gasteiger charge is -2.27. The van der Waals surface area contributed by atoms with E-state index in [1.54, 1.807) is 0 Å². The minimum Gasteiger partial charge on any atom is -0.0743 e. The largest absolute Gasteiger partial charge is 0.0743 e. The molecule has 0 aliphatic heterocycles. The average Bonchev–Trinajstić information content (AvgIpc) is 2.54. The van der Waals surface area contributed by atoms with Crippen LogP contribution >= 0.6 is 22.6 Å². The van der Waals surface area contributed by atoms with Gasteiger partial charge in [-0.2, -0.15) is 0 Å². The maximum absolute atomic E-state index is 2.54. The Morgan fingerprint density at radius 3 is 1.92 bits per heavy atom. The summed E-state index contributed by atoms with van der Waals surface area (Å²) in [7, 11) is 0. The summed E-state index contributed by atoms with van der Waals surface area (Å²) in [5, 5.41) is 0. The van der Waals surface area contributed by atoms with Crippen molar-refractivity contribution in [2.45, 2.75) is 76.1 Å². The van der Waals surface area contributed by atoms with E-state index in [-0.39, 0.29) is 8.84 Å². The van der Waals surface area contributed by atoms with Crippen LogP contribution in [0.5, 0.6) is 0 Å². The molecule has 25 heavy (non-hydrogen) atoms. The van der Waals surface area contributed by atoms with Crippen LogP contribution in [-0.2, 0) is 28.1 Å². The molecule has 0 amide bonds. The van der Waals surface area contributed by atoms with Crippen LogP contribution in [0.25, 0.3) is 0 Å². The first kappa shape index (κ1) is 20.5. The zero-order chi connectivity index (χ0) is 18.7. The topological polar surface area (TPSA) is 0 Å². The van der Waals surface area contributed by atoms with Crippen molar-refractivity contribution in [3.8, 4) is 0 Å². The summed E-state index contributed by atoms with van der Waals surface area (Å²) in [6.45, 7) is 13.8. The number of hydrogen-bond acceptors (Lipinski definition) is 0.